The molecule has 0 atom stereocenters. The van der Waals surface area contributed by atoms with Crippen molar-refractivity contribution < 1.29 is 9.13 Å². The monoisotopic (exact) mass is 378 g/mol. The molecule has 0 heterocycles. The summed E-state index contributed by atoms with van der Waals surface area (Å²) in [6.07, 6.45) is 8.43. The highest BCUT2D eigenvalue weighted by molar-refractivity contribution is 5.95. The molecule has 0 aliphatic carbocycles. The van der Waals surface area contributed by atoms with Crippen molar-refractivity contribution in [3.05, 3.63) is 88.3 Å². The first-order valence-electron chi connectivity index (χ1n) is 10.1. The van der Waals surface area contributed by atoms with Crippen molar-refractivity contribution >= 4 is 11.6 Å². The molecule has 1 nitrogen and oxygen atoms in total. The van der Waals surface area contributed by atoms with E-state index in [1.807, 2.05) is 13.0 Å². The van der Waals surface area contributed by atoms with E-state index in [1.54, 1.807) is 0 Å². The molecule has 0 saturated carbocycles. The van der Waals surface area contributed by atoms with Gasteiger partial charge in [-0.3, -0.25) is 0 Å². The number of ether oxygens (including phenoxy) is 1. The summed E-state index contributed by atoms with van der Waals surface area (Å²) in [6.45, 7) is 10.9. The van der Waals surface area contributed by atoms with E-state index in [1.165, 1.54) is 28.8 Å². The van der Waals surface area contributed by atoms with Crippen LogP contribution >= 0.6 is 0 Å². The first-order valence-corrected chi connectivity index (χ1v) is 10.1. The summed E-state index contributed by atoms with van der Waals surface area (Å²) in [7, 11) is 0. The number of halogens is 1. The number of hydrogen-bond acceptors (Lipinski definition) is 1. The zero-order valence-corrected chi connectivity index (χ0v) is 17.7. The summed E-state index contributed by atoms with van der Waals surface area (Å²) in [5.74, 6) is 0.289. The Morgan fingerprint density at radius 2 is 1.86 bits per heavy atom. The average Bonchev–Trinajstić information content (AvgIpc) is 2.67. The second kappa shape index (κ2) is 10.7. The topological polar surface area (TPSA) is 9.23 Å². The minimum Gasteiger partial charge on any atom is -0.493 e. The van der Waals surface area contributed by atoms with Crippen LogP contribution in [0.1, 0.15) is 57.2 Å². The fourth-order valence-electron chi connectivity index (χ4n) is 3.11. The third-order valence-electron chi connectivity index (χ3n) is 4.69. The molecule has 2 heteroatoms. The number of allylic oxidation sites excluding steroid dienone is 5. The molecule has 148 valence electrons. The lowest BCUT2D eigenvalue weighted by Crippen LogP contribution is -2.00. The first kappa shape index (κ1) is 21.7. The van der Waals surface area contributed by atoms with Crippen molar-refractivity contribution in [2.45, 2.75) is 47.5 Å². The molecule has 0 spiro atoms. The molecule has 0 aliphatic heterocycles. The Kier molecular flexibility index (Phi) is 8.25. The summed E-state index contributed by atoms with van der Waals surface area (Å²) in [4.78, 5) is 0. The Hall–Kier alpha value is -2.61. The summed E-state index contributed by atoms with van der Waals surface area (Å²) in [5.41, 5.74) is 6.74. The van der Waals surface area contributed by atoms with Gasteiger partial charge >= 0.3 is 0 Å². The van der Waals surface area contributed by atoms with Crippen LogP contribution in [-0.2, 0) is 0 Å². The molecule has 2 rings (SSSR count). The lowest BCUT2D eigenvalue weighted by molar-refractivity contribution is 0.337. The van der Waals surface area contributed by atoms with Crippen LogP contribution in [-0.4, -0.2) is 6.61 Å². The Labute approximate surface area is 169 Å². The predicted octanol–water partition coefficient (Wildman–Crippen LogP) is 7.77. The highest BCUT2D eigenvalue weighted by Crippen LogP contribution is 2.36. The van der Waals surface area contributed by atoms with Crippen LogP contribution in [0.25, 0.3) is 11.6 Å². The quantitative estimate of drug-likeness (QED) is 0.337. The van der Waals surface area contributed by atoms with Crippen LogP contribution < -0.4 is 4.74 Å². The van der Waals surface area contributed by atoms with Gasteiger partial charge in [0.05, 0.1) is 6.61 Å². The number of hydrogen-bond donors (Lipinski definition) is 0. The smallest absolute Gasteiger partial charge is 0.130 e. The normalized spacial score (nSPS) is 13.0. The third kappa shape index (κ3) is 5.69. The summed E-state index contributed by atoms with van der Waals surface area (Å²) in [6, 6.07) is 13.2. The van der Waals surface area contributed by atoms with Gasteiger partial charge in [-0.15, -0.1) is 0 Å². The van der Waals surface area contributed by atoms with Gasteiger partial charge in [0.25, 0.3) is 0 Å². The Morgan fingerprint density at radius 3 is 2.50 bits per heavy atom. The van der Waals surface area contributed by atoms with Crippen molar-refractivity contribution in [2.24, 2.45) is 0 Å². The average molecular weight is 379 g/mol. The van der Waals surface area contributed by atoms with E-state index in [0.717, 1.165) is 29.5 Å². The second-order valence-corrected chi connectivity index (χ2v) is 6.90. The Bertz CT molecular complexity index is 887. The maximum Gasteiger partial charge on any atom is 0.130 e. The first-order chi connectivity index (χ1) is 13.5. The zero-order chi connectivity index (χ0) is 20.5. The van der Waals surface area contributed by atoms with Crippen LogP contribution in [0.4, 0.5) is 4.39 Å². The number of aryl methyl sites for hydroxylation is 1. The second-order valence-electron chi connectivity index (χ2n) is 6.90. The van der Waals surface area contributed by atoms with Gasteiger partial charge in [0.1, 0.15) is 11.6 Å². The molecule has 0 unspecified atom stereocenters. The van der Waals surface area contributed by atoms with Crippen molar-refractivity contribution in [3.8, 4) is 5.75 Å². The summed E-state index contributed by atoms with van der Waals surface area (Å²) >= 11 is 0. The number of rotatable bonds is 8. The zero-order valence-electron chi connectivity index (χ0n) is 17.7. The fraction of sp³-hybridized carbons (Fsp3) is 0.308. The molecule has 0 aliphatic rings. The van der Waals surface area contributed by atoms with E-state index in [4.69, 9.17) is 4.74 Å². The molecule has 2 aromatic rings. The molecule has 0 radical (unpaired) electrons. The highest BCUT2D eigenvalue weighted by atomic mass is 19.1. The molecule has 0 amide bonds. The number of benzene rings is 2. The lowest BCUT2D eigenvalue weighted by atomic mass is 9.90. The maximum absolute atomic E-state index is 13.9. The molecule has 0 saturated heterocycles. The van der Waals surface area contributed by atoms with Gasteiger partial charge in [-0.05, 0) is 68.5 Å². The van der Waals surface area contributed by atoms with Crippen molar-refractivity contribution in [1.29, 1.82) is 0 Å². The van der Waals surface area contributed by atoms with Gasteiger partial charge in [-0.2, -0.15) is 0 Å². The maximum atomic E-state index is 13.9. The van der Waals surface area contributed by atoms with Crippen LogP contribution in [0.2, 0.25) is 0 Å². The van der Waals surface area contributed by atoms with Gasteiger partial charge in [0.15, 0.2) is 0 Å². The van der Waals surface area contributed by atoms with Gasteiger partial charge in [-0.1, -0.05) is 61.4 Å². The van der Waals surface area contributed by atoms with Gasteiger partial charge in [-0.25, -0.2) is 4.39 Å². The molecule has 0 N–H and O–H groups in total. The van der Waals surface area contributed by atoms with Crippen LogP contribution in [0.5, 0.6) is 5.75 Å². The van der Waals surface area contributed by atoms with E-state index in [9.17, 15) is 4.39 Å². The third-order valence-corrected chi connectivity index (χ3v) is 4.69. The van der Waals surface area contributed by atoms with E-state index in [2.05, 4.69) is 70.2 Å². The van der Waals surface area contributed by atoms with Gasteiger partial charge < -0.3 is 4.74 Å². The fourth-order valence-corrected chi connectivity index (χ4v) is 3.11. The summed E-state index contributed by atoms with van der Waals surface area (Å²) in [5, 5.41) is 0. The van der Waals surface area contributed by atoms with Crippen molar-refractivity contribution in [1.82, 2.24) is 0 Å². The summed E-state index contributed by atoms with van der Waals surface area (Å²) < 4.78 is 19.7. The molecular weight excluding hydrogens is 347 g/mol. The van der Waals surface area contributed by atoms with Crippen LogP contribution in [0.15, 0.2) is 65.8 Å². The molecule has 0 aromatic heterocycles. The van der Waals surface area contributed by atoms with E-state index >= 15 is 0 Å². The lowest BCUT2D eigenvalue weighted by Gasteiger charge is -2.17. The molecule has 0 fully saturated rings. The van der Waals surface area contributed by atoms with Gasteiger partial charge in [0, 0.05) is 11.6 Å². The highest BCUT2D eigenvalue weighted by Gasteiger charge is 2.15. The molecule has 0 bridgehead atoms. The molecule has 28 heavy (non-hydrogen) atoms. The van der Waals surface area contributed by atoms with E-state index < -0.39 is 0 Å². The Morgan fingerprint density at radius 1 is 1.07 bits per heavy atom. The standard InChI is InChI=1S/C26H31FO/c1-6-9-13-23(20(5)7-2)25(17-21-12-10-11-19(4)16-21)24-15-14-22(27)18-26(24)28-8-3/h9-18H,6-8H2,1-5H3/b13-9-,23-20+,25-17+. The minimum atomic E-state index is -0.288. The Balaban J connectivity index is 2.78. The SMILES string of the molecule is CC\C=C/C(C(=C\c1cccc(C)c1)/c1ccc(F)cc1OCC)=C(/C)CC. The van der Waals surface area contributed by atoms with Crippen LogP contribution in [0.3, 0.4) is 0 Å². The predicted molar refractivity (Wildman–Crippen MR) is 119 cm³/mol. The molecular formula is C26H31FO. The molecule has 2 aromatic carbocycles. The minimum absolute atomic E-state index is 0.288. The van der Waals surface area contributed by atoms with E-state index in [0.29, 0.717) is 12.4 Å². The van der Waals surface area contributed by atoms with Crippen LogP contribution in [0, 0.1) is 12.7 Å². The van der Waals surface area contributed by atoms with Gasteiger partial charge in [0.2, 0.25) is 0 Å². The van der Waals surface area contributed by atoms with Crippen molar-refractivity contribution in [3.63, 3.8) is 0 Å². The van der Waals surface area contributed by atoms with Crippen molar-refractivity contribution in [2.75, 3.05) is 6.61 Å². The largest absolute Gasteiger partial charge is 0.493 e. The van der Waals surface area contributed by atoms with E-state index in [-0.39, 0.29) is 5.82 Å².